The van der Waals surface area contributed by atoms with Crippen molar-refractivity contribution in [3.63, 3.8) is 0 Å². The van der Waals surface area contributed by atoms with Gasteiger partial charge < -0.3 is 5.11 Å². The van der Waals surface area contributed by atoms with Crippen LogP contribution >= 0.6 is 24.4 Å². The molecule has 166 valence electrons. The fraction of sp³-hybridized carbons (Fsp3) is 0.182. The summed E-state index contributed by atoms with van der Waals surface area (Å²) < 4.78 is 74.5. The molecule has 0 spiro atoms. The van der Waals surface area contributed by atoms with Crippen LogP contribution in [-0.4, -0.2) is 5.11 Å². The van der Waals surface area contributed by atoms with Crippen LogP contribution < -0.4 is 0 Å². The minimum Gasteiger partial charge on any atom is -0.508 e. The molecule has 0 saturated heterocycles. The number of hydrogen-bond donors (Lipinski definition) is 2. The Morgan fingerprint density at radius 1 is 0.871 bits per heavy atom. The van der Waals surface area contributed by atoms with Crippen molar-refractivity contribution in [1.82, 2.24) is 0 Å². The Bertz CT molecular complexity index is 1020. The number of aromatic hydroxyl groups is 1. The molecule has 0 fully saturated rings. The molecule has 31 heavy (non-hydrogen) atoms. The highest BCUT2D eigenvalue weighted by atomic mass is 32.2. The van der Waals surface area contributed by atoms with Gasteiger partial charge in [-0.1, -0.05) is 36.4 Å². The van der Waals surface area contributed by atoms with E-state index in [9.17, 15) is 31.4 Å². The molecule has 0 aromatic heterocycles. The Hall–Kier alpha value is -2.26. The highest BCUT2D eigenvalue weighted by Gasteiger charge is 2.34. The zero-order chi connectivity index (χ0) is 23.2. The molecule has 0 aliphatic heterocycles. The molecule has 0 saturated carbocycles. The van der Waals surface area contributed by atoms with Gasteiger partial charge in [0, 0.05) is 11.5 Å². The van der Waals surface area contributed by atoms with Crippen LogP contribution in [0.3, 0.4) is 0 Å². The third kappa shape index (κ3) is 7.14. The molecule has 0 amide bonds. The number of thioether (sulfide) groups is 1. The summed E-state index contributed by atoms with van der Waals surface area (Å²) in [5.41, 5.74) is 2.17. The average molecular weight is 477 g/mol. The molecular formula is C22H18F6OS2. The molecule has 0 radical (unpaired) electrons. The monoisotopic (exact) mass is 476 g/mol. The quantitative estimate of drug-likeness (QED) is 0.174. The third-order valence-electron chi connectivity index (χ3n) is 4.12. The van der Waals surface area contributed by atoms with Crippen molar-refractivity contribution in [2.75, 3.05) is 0 Å². The number of phenolic OH excluding ortho intramolecular Hbond substituents is 1. The summed E-state index contributed by atoms with van der Waals surface area (Å²) >= 11 is 4.51. The van der Waals surface area contributed by atoms with Gasteiger partial charge in [0.05, 0.1) is 5.56 Å². The molecule has 3 aromatic carbocycles. The number of hydrogen-bond acceptors (Lipinski definition) is 3. The van der Waals surface area contributed by atoms with Gasteiger partial charge in [0.1, 0.15) is 5.75 Å². The maximum atomic E-state index is 12.6. The van der Waals surface area contributed by atoms with Gasteiger partial charge in [0.2, 0.25) is 0 Å². The number of thiol groups is 1. The second-order valence-corrected chi connectivity index (χ2v) is 8.03. The van der Waals surface area contributed by atoms with Crippen LogP contribution in [0.2, 0.25) is 0 Å². The first-order chi connectivity index (χ1) is 14.5. The van der Waals surface area contributed by atoms with Gasteiger partial charge in [-0.15, -0.1) is 12.6 Å². The summed E-state index contributed by atoms with van der Waals surface area (Å²) in [5.74, 6) is -6.10. The van der Waals surface area contributed by atoms with E-state index in [1.165, 1.54) is 11.1 Å². The number of alkyl halides is 2. The van der Waals surface area contributed by atoms with Crippen molar-refractivity contribution < 1.29 is 31.4 Å². The van der Waals surface area contributed by atoms with E-state index in [1.807, 2.05) is 36.9 Å². The van der Waals surface area contributed by atoms with E-state index in [1.54, 1.807) is 6.07 Å². The zero-order valence-electron chi connectivity index (χ0n) is 16.2. The minimum absolute atomic E-state index is 0.138. The lowest BCUT2D eigenvalue weighted by Gasteiger charge is -2.11. The van der Waals surface area contributed by atoms with Gasteiger partial charge in [0.15, 0.2) is 23.3 Å². The molecule has 1 nitrogen and oxygen atoms in total. The lowest BCUT2D eigenvalue weighted by Crippen LogP contribution is -2.11. The highest BCUT2D eigenvalue weighted by Crippen LogP contribution is 2.35. The molecule has 0 atom stereocenters. The van der Waals surface area contributed by atoms with Gasteiger partial charge in [-0.25, -0.2) is 17.6 Å². The number of halogens is 6. The lowest BCUT2D eigenvalue weighted by atomic mass is 10.1. The Kier molecular flexibility index (Phi) is 8.76. The standard InChI is InChI=1S/C15H16OS.C7H2F6S/c1-12-9-15(16)8-7-14(12)11-17-10-13-5-3-2-4-6-13;8-3-1-2(7(12,13)14)4(9)6(11)5(3)10/h2-9,16H,10-11H2,1H3;1,14H. The molecule has 3 rings (SSSR count). The van der Waals surface area contributed by atoms with Gasteiger partial charge in [0.25, 0.3) is 0 Å². The Balaban J connectivity index is 0.000000225. The molecule has 0 aliphatic rings. The summed E-state index contributed by atoms with van der Waals surface area (Å²) in [6, 6.07) is 15.9. The zero-order valence-corrected chi connectivity index (χ0v) is 17.9. The SMILES string of the molecule is Cc1cc(O)ccc1CSCc1ccccc1.Fc1cc(C(F)(F)S)c(F)c(F)c1F. The van der Waals surface area contributed by atoms with Crippen molar-refractivity contribution in [2.45, 2.75) is 23.7 Å². The van der Waals surface area contributed by atoms with Gasteiger partial charge in [-0.05, 0) is 41.8 Å². The number of aryl methyl sites for hydroxylation is 1. The second-order valence-electron chi connectivity index (χ2n) is 6.48. The van der Waals surface area contributed by atoms with Gasteiger partial charge in [-0.2, -0.15) is 20.5 Å². The predicted molar refractivity (Wildman–Crippen MR) is 113 cm³/mol. The van der Waals surface area contributed by atoms with Crippen molar-refractivity contribution >= 4 is 24.4 Å². The van der Waals surface area contributed by atoms with Crippen molar-refractivity contribution in [1.29, 1.82) is 0 Å². The van der Waals surface area contributed by atoms with Crippen LogP contribution in [0.15, 0.2) is 54.6 Å². The summed E-state index contributed by atoms with van der Waals surface area (Å²) in [7, 11) is 0. The van der Waals surface area contributed by atoms with Crippen LogP contribution in [0.4, 0.5) is 26.3 Å². The van der Waals surface area contributed by atoms with Crippen LogP contribution in [0, 0.1) is 30.2 Å². The smallest absolute Gasteiger partial charge is 0.319 e. The largest absolute Gasteiger partial charge is 0.508 e. The number of phenols is 1. The first-order valence-corrected chi connectivity index (χ1v) is 10.4. The van der Waals surface area contributed by atoms with E-state index in [4.69, 9.17) is 0 Å². The fourth-order valence-corrected chi connectivity index (χ4v) is 3.72. The molecular weight excluding hydrogens is 458 g/mol. The molecule has 0 aliphatic carbocycles. The van der Waals surface area contributed by atoms with Crippen LogP contribution in [0.5, 0.6) is 5.75 Å². The van der Waals surface area contributed by atoms with Crippen LogP contribution in [0.25, 0.3) is 0 Å². The second kappa shape index (κ2) is 10.9. The number of rotatable bonds is 5. The van der Waals surface area contributed by atoms with E-state index in [0.717, 1.165) is 17.1 Å². The fourth-order valence-electron chi connectivity index (χ4n) is 2.49. The van der Waals surface area contributed by atoms with Crippen molar-refractivity contribution in [3.8, 4) is 5.75 Å². The molecule has 1 N–H and O–H groups in total. The maximum Gasteiger partial charge on any atom is 0.319 e. The highest BCUT2D eigenvalue weighted by molar-refractivity contribution is 7.97. The normalized spacial score (nSPS) is 11.1. The summed E-state index contributed by atoms with van der Waals surface area (Å²) in [4.78, 5) is 0. The van der Waals surface area contributed by atoms with E-state index in [2.05, 4.69) is 36.9 Å². The van der Waals surface area contributed by atoms with E-state index in [0.29, 0.717) is 5.75 Å². The number of benzene rings is 3. The predicted octanol–water partition coefficient (Wildman–Crippen LogP) is 7.36. The Labute approximate surface area is 185 Å². The van der Waals surface area contributed by atoms with Crippen molar-refractivity contribution in [3.05, 3.63) is 100 Å². The minimum atomic E-state index is -4.07. The molecule has 0 bridgehead atoms. The van der Waals surface area contributed by atoms with E-state index in [-0.39, 0.29) is 6.07 Å². The average Bonchev–Trinajstić information content (AvgIpc) is 2.71. The topological polar surface area (TPSA) is 20.2 Å². The van der Waals surface area contributed by atoms with Crippen molar-refractivity contribution in [2.24, 2.45) is 0 Å². The lowest BCUT2D eigenvalue weighted by molar-refractivity contribution is 0.101. The molecule has 3 aromatic rings. The summed E-state index contributed by atoms with van der Waals surface area (Å²) in [6.07, 6.45) is 0. The molecule has 0 heterocycles. The molecule has 9 heteroatoms. The summed E-state index contributed by atoms with van der Waals surface area (Å²) in [5, 5.41) is 5.26. The molecule has 0 unspecified atom stereocenters. The first kappa shape index (κ1) is 25.0. The van der Waals surface area contributed by atoms with Crippen LogP contribution in [0.1, 0.15) is 22.3 Å². The van der Waals surface area contributed by atoms with Crippen LogP contribution in [-0.2, 0) is 16.8 Å². The van der Waals surface area contributed by atoms with Gasteiger partial charge in [-0.3, -0.25) is 0 Å². The first-order valence-electron chi connectivity index (χ1n) is 8.84. The van der Waals surface area contributed by atoms with E-state index >= 15 is 0 Å². The summed E-state index contributed by atoms with van der Waals surface area (Å²) in [6.45, 7) is 2.04. The van der Waals surface area contributed by atoms with E-state index < -0.39 is 34.1 Å². The Morgan fingerprint density at radius 3 is 2.10 bits per heavy atom. The third-order valence-corrected chi connectivity index (χ3v) is 5.42. The maximum absolute atomic E-state index is 12.6. The Morgan fingerprint density at radius 2 is 1.52 bits per heavy atom. The van der Waals surface area contributed by atoms with Gasteiger partial charge >= 0.3 is 5.25 Å².